The number of benzene rings is 4. The molecule has 0 nitrogen and oxygen atoms in total. The lowest BCUT2D eigenvalue weighted by Crippen LogP contribution is -2.36. The van der Waals surface area contributed by atoms with Gasteiger partial charge in [0.15, 0.2) is 0 Å². The summed E-state index contributed by atoms with van der Waals surface area (Å²) in [5.41, 5.74) is 7.05. The van der Waals surface area contributed by atoms with E-state index in [1.165, 1.54) is 33.4 Å². The van der Waals surface area contributed by atoms with Gasteiger partial charge in [0, 0.05) is 0 Å². The van der Waals surface area contributed by atoms with E-state index in [2.05, 4.69) is 109 Å². The zero-order valence-corrected chi connectivity index (χ0v) is 15.6. The zero-order valence-electron chi connectivity index (χ0n) is 14.8. The van der Waals surface area contributed by atoms with Crippen LogP contribution in [-0.4, -0.2) is 0 Å². The summed E-state index contributed by atoms with van der Waals surface area (Å²) in [6.07, 6.45) is 0. The quantitative estimate of drug-likeness (QED) is 0.346. The molecule has 1 aliphatic rings. The van der Waals surface area contributed by atoms with Crippen LogP contribution in [0.2, 0.25) is 0 Å². The minimum Gasteiger partial charge on any atom is -0.113 e. The summed E-state index contributed by atoms with van der Waals surface area (Å²) in [6.45, 7) is 0. The van der Waals surface area contributed by atoms with Gasteiger partial charge >= 0.3 is 0 Å². The molecule has 0 N–H and O–H groups in total. The first kappa shape index (κ1) is 16.4. The highest BCUT2D eigenvalue weighted by atomic mass is 35.5. The first-order chi connectivity index (χ1) is 13.3. The molecule has 130 valence electrons. The van der Waals surface area contributed by atoms with E-state index < -0.39 is 0 Å². The number of rotatable bonds is 2. The van der Waals surface area contributed by atoms with Crippen LogP contribution in [0.1, 0.15) is 38.8 Å². The average molecular weight is 367 g/mol. The van der Waals surface area contributed by atoms with Crippen LogP contribution in [0.15, 0.2) is 109 Å². The lowest BCUT2D eigenvalue weighted by atomic mass is 9.59. The molecule has 0 saturated heterocycles. The predicted molar refractivity (Wildman–Crippen MR) is 112 cm³/mol. The number of hydrogen-bond acceptors (Lipinski definition) is 0. The highest BCUT2D eigenvalue weighted by Gasteiger charge is 2.45. The smallest absolute Gasteiger partial charge is 0.0841 e. The SMILES string of the molecule is ClC1c2ccccc2C(c2ccccc2)(c2ccccc2)c2ccccc21. The van der Waals surface area contributed by atoms with Crippen LogP contribution >= 0.6 is 11.6 Å². The van der Waals surface area contributed by atoms with E-state index in [4.69, 9.17) is 11.6 Å². The molecule has 27 heavy (non-hydrogen) atoms. The molecule has 0 bridgehead atoms. The second-order valence-corrected chi connectivity index (χ2v) is 7.46. The minimum absolute atomic E-state index is 0.141. The number of fused-ring (bicyclic) bond motifs is 2. The van der Waals surface area contributed by atoms with Crippen molar-refractivity contribution in [1.29, 1.82) is 0 Å². The summed E-state index contributed by atoms with van der Waals surface area (Å²) in [5.74, 6) is 0. The molecule has 0 unspecified atom stereocenters. The van der Waals surface area contributed by atoms with Crippen molar-refractivity contribution < 1.29 is 0 Å². The van der Waals surface area contributed by atoms with Gasteiger partial charge in [-0.15, -0.1) is 11.6 Å². The van der Waals surface area contributed by atoms with Crippen LogP contribution in [-0.2, 0) is 5.41 Å². The summed E-state index contributed by atoms with van der Waals surface area (Å²) < 4.78 is 0. The fourth-order valence-electron chi connectivity index (χ4n) is 4.60. The molecule has 5 rings (SSSR count). The van der Waals surface area contributed by atoms with Crippen molar-refractivity contribution in [1.82, 2.24) is 0 Å². The third-order valence-electron chi connectivity index (χ3n) is 5.69. The molecular weight excluding hydrogens is 348 g/mol. The van der Waals surface area contributed by atoms with Crippen LogP contribution in [0.4, 0.5) is 0 Å². The number of hydrogen-bond donors (Lipinski definition) is 0. The summed E-state index contributed by atoms with van der Waals surface area (Å²) in [6, 6.07) is 38.8. The maximum Gasteiger partial charge on any atom is 0.0841 e. The van der Waals surface area contributed by atoms with Gasteiger partial charge in [-0.2, -0.15) is 0 Å². The van der Waals surface area contributed by atoms with E-state index in [1.807, 2.05) is 0 Å². The van der Waals surface area contributed by atoms with Crippen LogP contribution in [0.3, 0.4) is 0 Å². The maximum absolute atomic E-state index is 6.98. The second kappa shape index (κ2) is 6.40. The highest BCUT2D eigenvalue weighted by Crippen LogP contribution is 2.54. The van der Waals surface area contributed by atoms with Crippen molar-refractivity contribution >= 4 is 11.6 Å². The lowest BCUT2D eigenvalue weighted by molar-refractivity contribution is 0.698. The molecule has 0 amide bonds. The van der Waals surface area contributed by atoms with Gasteiger partial charge in [-0.05, 0) is 33.4 Å². The van der Waals surface area contributed by atoms with Crippen molar-refractivity contribution in [2.75, 3.05) is 0 Å². The maximum atomic E-state index is 6.98. The number of alkyl halides is 1. The summed E-state index contributed by atoms with van der Waals surface area (Å²) in [5, 5.41) is -0.141. The van der Waals surface area contributed by atoms with Crippen LogP contribution in [0.25, 0.3) is 0 Å². The largest absolute Gasteiger partial charge is 0.113 e. The standard InChI is InChI=1S/C26H19Cl/c27-25-21-15-7-9-17-23(21)26(19-11-3-1-4-12-19,20-13-5-2-6-14-20)24-18-10-8-16-22(24)25/h1-18,25H. The monoisotopic (exact) mass is 366 g/mol. The third kappa shape index (κ3) is 2.30. The van der Waals surface area contributed by atoms with Gasteiger partial charge in [0.1, 0.15) is 0 Å². The van der Waals surface area contributed by atoms with Crippen molar-refractivity contribution in [3.8, 4) is 0 Å². The van der Waals surface area contributed by atoms with E-state index in [1.54, 1.807) is 0 Å². The fraction of sp³-hybridized carbons (Fsp3) is 0.0769. The van der Waals surface area contributed by atoms with Gasteiger partial charge in [0.2, 0.25) is 0 Å². The van der Waals surface area contributed by atoms with E-state index in [0.717, 1.165) is 0 Å². The molecular formula is C26H19Cl. The molecule has 0 spiro atoms. The Balaban J connectivity index is 1.99. The van der Waals surface area contributed by atoms with E-state index >= 15 is 0 Å². The van der Waals surface area contributed by atoms with Crippen LogP contribution in [0, 0.1) is 0 Å². The minimum atomic E-state index is -0.374. The van der Waals surface area contributed by atoms with E-state index in [0.29, 0.717) is 0 Å². The van der Waals surface area contributed by atoms with Crippen molar-refractivity contribution in [2.24, 2.45) is 0 Å². The first-order valence-electron chi connectivity index (χ1n) is 9.27. The Hall–Kier alpha value is -2.83. The molecule has 4 aromatic rings. The molecule has 0 aliphatic heterocycles. The lowest BCUT2D eigenvalue weighted by Gasteiger charge is -2.43. The molecule has 1 aliphatic carbocycles. The first-order valence-corrected chi connectivity index (χ1v) is 9.71. The molecule has 4 aromatic carbocycles. The summed E-state index contributed by atoms with van der Waals surface area (Å²) >= 11 is 6.98. The van der Waals surface area contributed by atoms with Gasteiger partial charge in [-0.3, -0.25) is 0 Å². The molecule has 0 aromatic heterocycles. The van der Waals surface area contributed by atoms with Gasteiger partial charge in [0.25, 0.3) is 0 Å². The Morgan fingerprint density at radius 1 is 0.481 bits per heavy atom. The molecule has 0 atom stereocenters. The van der Waals surface area contributed by atoms with Crippen molar-refractivity contribution in [2.45, 2.75) is 10.8 Å². The normalized spacial score (nSPS) is 15.0. The molecule has 1 heteroatoms. The Bertz CT molecular complexity index is 994. The van der Waals surface area contributed by atoms with Gasteiger partial charge in [-0.25, -0.2) is 0 Å². The Morgan fingerprint density at radius 2 is 0.852 bits per heavy atom. The summed E-state index contributed by atoms with van der Waals surface area (Å²) in [4.78, 5) is 0. The van der Waals surface area contributed by atoms with Gasteiger partial charge in [0.05, 0.1) is 10.8 Å². The van der Waals surface area contributed by atoms with E-state index in [-0.39, 0.29) is 10.8 Å². The molecule has 0 saturated carbocycles. The van der Waals surface area contributed by atoms with Gasteiger partial charge < -0.3 is 0 Å². The highest BCUT2D eigenvalue weighted by molar-refractivity contribution is 6.23. The van der Waals surface area contributed by atoms with Crippen molar-refractivity contribution in [3.05, 3.63) is 143 Å². The van der Waals surface area contributed by atoms with Crippen LogP contribution < -0.4 is 0 Å². The number of halogens is 1. The molecule has 0 fully saturated rings. The zero-order chi connectivity index (χ0) is 18.3. The topological polar surface area (TPSA) is 0 Å². The Labute approximate surface area is 165 Å². The fourth-order valence-corrected chi connectivity index (χ4v) is 4.98. The molecule has 0 radical (unpaired) electrons. The van der Waals surface area contributed by atoms with Gasteiger partial charge in [-0.1, -0.05) is 109 Å². The van der Waals surface area contributed by atoms with Crippen LogP contribution in [0.5, 0.6) is 0 Å². The molecule has 0 heterocycles. The average Bonchev–Trinajstić information content (AvgIpc) is 2.76. The third-order valence-corrected chi connectivity index (χ3v) is 6.16. The van der Waals surface area contributed by atoms with E-state index in [9.17, 15) is 0 Å². The van der Waals surface area contributed by atoms with Crippen molar-refractivity contribution in [3.63, 3.8) is 0 Å². The Kier molecular flexibility index (Phi) is 3.88. The second-order valence-electron chi connectivity index (χ2n) is 7.02. The summed E-state index contributed by atoms with van der Waals surface area (Å²) in [7, 11) is 0. The predicted octanol–water partition coefficient (Wildman–Crippen LogP) is 6.71. The Morgan fingerprint density at radius 3 is 1.30 bits per heavy atom.